The molecule has 7 heteroatoms. The van der Waals surface area contributed by atoms with E-state index < -0.39 is 29.2 Å². The summed E-state index contributed by atoms with van der Waals surface area (Å²) in [5.41, 5.74) is -0.776. The zero-order valence-corrected chi connectivity index (χ0v) is 12.1. The molecule has 1 rings (SSSR count). The Morgan fingerprint density at radius 2 is 1.86 bits per heavy atom. The molecule has 0 saturated heterocycles. The molecular weight excluding hydrogens is 282 g/mol. The van der Waals surface area contributed by atoms with Crippen LogP contribution in [-0.4, -0.2) is 35.6 Å². The maximum Gasteiger partial charge on any atom is 0.337 e. The van der Waals surface area contributed by atoms with Gasteiger partial charge in [0.2, 0.25) is 0 Å². The van der Waals surface area contributed by atoms with Gasteiger partial charge in [0.25, 0.3) is 0 Å². The van der Waals surface area contributed by atoms with Crippen LogP contribution >= 0.6 is 0 Å². The molecule has 2 amide bonds. The van der Waals surface area contributed by atoms with Gasteiger partial charge in [0, 0.05) is 19.7 Å². The quantitative estimate of drug-likeness (QED) is 0.877. The van der Waals surface area contributed by atoms with Crippen molar-refractivity contribution in [2.24, 2.45) is 5.92 Å². The number of carbonyl (C=O) groups excluding carboxylic acids is 1. The highest BCUT2D eigenvalue weighted by Crippen LogP contribution is 2.20. The van der Waals surface area contributed by atoms with E-state index in [1.807, 2.05) is 13.8 Å². The van der Waals surface area contributed by atoms with Gasteiger partial charge < -0.3 is 15.3 Å². The number of carbonyl (C=O) groups is 2. The highest BCUT2D eigenvalue weighted by molar-refractivity contribution is 5.99. The van der Waals surface area contributed by atoms with Crippen molar-refractivity contribution in [2.75, 3.05) is 18.9 Å². The summed E-state index contributed by atoms with van der Waals surface area (Å²) in [6.07, 6.45) is 0.771. The van der Waals surface area contributed by atoms with E-state index in [9.17, 15) is 18.4 Å². The molecule has 0 aliphatic rings. The third-order valence-electron chi connectivity index (χ3n) is 2.92. The molecule has 0 unspecified atom stereocenters. The zero-order chi connectivity index (χ0) is 16.2. The molecule has 2 N–H and O–H groups in total. The molecule has 116 valence electrons. The van der Waals surface area contributed by atoms with Crippen LogP contribution in [0, 0.1) is 17.6 Å². The van der Waals surface area contributed by atoms with Gasteiger partial charge in [-0.05, 0) is 18.4 Å². The standard InChI is InChI=1S/C14H18F2N2O3/c1-8(2)4-5-18(3)14(21)17-12-7-11(16)10(15)6-9(12)13(19)20/h6-8H,4-5H2,1-3H3,(H,17,21)(H,19,20). The Balaban J connectivity index is 2.89. The van der Waals surface area contributed by atoms with Crippen LogP contribution in [0.25, 0.3) is 0 Å². The van der Waals surface area contributed by atoms with Crippen LogP contribution in [-0.2, 0) is 0 Å². The van der Waals surface area contributed by atoms with E-state index in [1.165, 1.54) is 11.9 Å². The van der Waals surface area contributed by atoms with Crippen LogP contribution in [0.5, 0.6) is 0 Å². The fraction of sp³-hybridized carbons (Fsp3) is 0.429. The molecule has 21 heavy (non-hydrogen) atoms. The van der Waals surface area contributed by atoms with E-state index in [2.05, 4.69) is 5.32 Å². The lowest BCUT2D eigenvalue weighted by Crippen LogP contribution is -2.33. The molecule has 0 bridgehead atoms. The first-order valence-corrected chi connectivity index (χ1v) is 6.46. The second-order valence-corrected chi connectivity index (χ2v) is 5.15. The van der Waals surface area contributed by atoms with Gasteiger partial charge in [0.1, 0.15) is 0 Å². The predicted molar refractivity (Wildman–Crippen MR) is 74.4 cm³/mol. The first kappa shape index (κ1) is 16.9. The normalized spacial score (nSPS) is 10.6. The summed E-state index contributed by atoms with van der Waals surface area (Å²) in [4.78, 5) is 24.3. The fourth-order valence-electron chi connectivity index (χ4n) is 1.59. The molecule has 0 heterocycles. The lowest BCUT2D eigenvalue weighted by molar-refractivity contribution is 0.0697. The molecule has 0 saturated carbocycles. The van der Waals surface area contributed by atoms with Gasteiger partial charge in [-0.25, -0.2) is 18.4 Å². The molecule has 1 aromatic rings. The largest absolute Gasteiger partial charge is 0.478 e. The number of rotatable bonds is 5. The van der Waals surface area contributed by atoms with E-state index in [4.69, 9.17) is 5.11 Å². The molecular formula is C14H18F2N2O3. The van der Waals surface area contributed by atoms with Crippen molar-refractivity contribution in [2.45, 2.75) is 20.3 Å². The van der Waals surface area contributed by atoms with Crippen molar-refractivity contribution in [3.63, 3.8) is 0 Å². The zero-order valence-electron chi connectivity index (χ0n) is 12.1. The molecule has 0 radical (unpaired) electrons. The summed E-state index contributed by atoms with van der Waals surface area (Å²) in [6.45, 7) is 4.48. The maximum atomic E-state index is 13.2. The van der Waals surface area contributed by atoms with Crippen LogP contribution in [0.1, 0.15) is 30.6 Å². The number of hydrogen-bond acceptors (Lipinski definition) is 2. The Kier molecular flexibility index (Phi) is 5.63. The number of benzene rings is 1. The van der Waals surface area contributed by atoms with Crippen molar-refractivity contribution >= 4 is 17.7 Å². The Morgan fingerprint density at radius 3 is 2.38 bits per heavy atom. The van der Waals surface area contributed by atoms with E-state index in [1.54, 1.807) is 0 Å². The van der Waals surface area contributed by atoms with Gasteiger partial charge in [-0.15, -0.1) is 0 Å². The number of hydrogen-bond donors (Lipinski definition) is 2. The minimum Gasteiger partial charge on any atom is -0.478 e. The van der Waals surface area contributed by atoms with Crippen LogP contribution in [0.4, 0.5) is 19.3 Å². The van der Waals surface area contributed by atoms with Gasteiger partial charge >= 0.3 is 12.0 Å². The van der Waals surface area contributed by atoms with Crippen molar-refractivity contribution in [1.29, 1.82) is 0 Å². The molecule has 0 aliphatic carbocycles. The van der Waals surface area contributed by atoms with Gasteiger partial charge in [0.15, 0.2) is 11.6 Å². The van der Waals surface area contributed by atoms with Crippen LogP contribution < -0.4 is 5.32 Å². The lowest BCUT2D eigenvalue weighted by Gasteiger charge is -2.19. The number of aromatic carboxylic acids is 1. The summed E-state index contributed by atoms with van der Waals surface area (Å²) in [5.74, 6) is -3.55. The average Bonchev–Trinajstić information content (AvgIpc) is 2.39. The number of nitrogens with one attached hydrogen (secondary N) is 1. The predicted octanol–water partition coefficient (Wildman–Crippen LogP) is 3.17. The minimum absolute atomic E-state index is 0.275. The third kappa shape index (κ3) is 4.70. The fourth-order valence-corrected chi connectivity index (χ4v) is 1.59. The summed E-state index contributed by atoms with van der Waals surface area (Å²) < 4.78 is 26.3. The van der Waals surface area contributed by atoms with Crippen molar-refractivity contribution in [3.8, 4) is 0 Å². The van der Waals surface area contributed by atoms with E-state index in [0.29, 0.717) is 24.6 Å². The van der Waals surface area contributed by atoms with E-state index in [-0.39, 0.29) is 5.69 Å². The number of halogens is 2. The monoisotopic (exact) mass is 300 g/mol. The number of nitrogens with zero attached hydrogens (tertiary/aromatic N) is 1. The van der Waals surface area contributed by atoms with Crippen molar-refractivity contribution in [3.05, 3.63) is 29.3 Å². The highest BCUT2D eigenvalue weighted by Gasteiger charge is 2.18. The first-order chi connectivity index (χ1) is 9.72. The van der Waals surface area contributed by atoms with Crippen LogP contribution in [0.3, 0.4) is 0 Å². The average molecular weight is 300 g/mol. The summed E-state index contributed by atoms with van der Waals surface area (Å²) in [6, 6.07) is 0.623. The lowest BCUT2D eigenvalue weighted by atomic mass is 10.1. The molecule has 0 fully saturated rings. The Hall–Kier alpha value is -2.18. The number of anilines is 1. The minimum atomic E-state index is -1.45. The summed E-state index contributed by atoms with van der Waals surface area (Å²) >= 11 is 0. The van der Waals surface area contributed by atoms with Gasteiger partial charge in [-0.1, -0.05) is 13.8 Å². The SMILES string of the molecule is CC(C)CCN(C)C(=O)Nc1cc(F)c(F)cc1C(=O)O. The maximum absolute atomic E-state index is 13.2. The Morgan fingerprint density at radius 1 is 1.29 bits per heavy atom. The molecule has 0 aromatic heterocycles. The third-order valence-corrected chi connectivity index (χ3v) is 2.92. The number of carboxylic acid groups (broad SMARTS) is 1. The number of amides is 2. The number of urea groups is 1. The highest BCUT2D eigenvalue weighted by atomic mass is 19.2. The van der Waals surface area contributed by atoms with E-state index in [0.717, 1.165) is 6.42 Å². The molecule has 0 aliphatic heterocycles. The molecule has 0 spiro atoms. The van der Waals surface area contributed by atoms with E-state index >= 15 is 0 Å². The first-order valence-electron chi connectivity index (χ1n) is 6.46. The Bertz CT molecular complexity index is 547. The smallest absolute Gasteiger partial charge is 0.337 e. The molecule has 5 nitrogen and oxygen atoms in total. The summed E-state index contributed by atoms with van der Waals surface area (Å²) in [7, 11) is 1.54. The number of carboxylic acids is 1. The van der Waals surface area contributed by atoms with Crippen LogP contribution in [0.15, 0.2) is 12.1 Å². The summed E-state index contributed by atoms with van der Waals surface area (Å²) in [5, 5.41) is 11.2. The molecule has 1 aromatic carbocycles. The van der Waals surface area contributed by atoms with Gasteiger partial charge in [-0.3, -0.25) is 0 Å². The van der Waals surface area contributed by atoms with Crippen molar-refractivity contribution < 1.29 is 23.5 Å². The van der Waals surface area contributed by atoms with Gasteiger partial charge in [-0.2, -0.15) is 0 Å². The second kappa shape index (κ2) is 7.01. The topological polar surface area (TPSA) is 69.6 Å². The van der Waals surface area contributed by atoms with Crippen LogP contribution in [0.2, 0.25) is 0 Å². The van der Waals surface area contributed by atoms with Crippen molar-refractivity contribution in [1.82, 2.24) is 4.90 Å². The molecule has 0 atom stereocenters. The van der Waals surface area contributed by atoms with Gasteiger partial charge in [0.05, 0.1) is 11.3 Å². The Labute approximate surface area is 121 Å². The second-order valence-electron chi connectivity index (χ2n) is 5.15.